The van der Waals surface area contributed by atoms with E-state index in [0.29, 0.717) is 17.2 Å². The molecule has 0 saturated heterocycles. The minimum absolute atomic E-state index is 0.195. The number of sulfonamides is 1. The van der Waals surface area contributed by atoms with Crippen molar-refractivity contribution in [1.82, 2.24) is 9.88 Å². The quantitative estimate of drug-likeness (QED) is 0.920. The Morgan fingerprint density at radius 1 is 1.25 bits per heavy atom. The summed E-state index contributed by atoms with van der Waals surface area (Å²) in [6.07, 6.45) is 0.536. The highest BCUT2D eigenvalue weighted by Gasteiger charge is 2.14. The minimum atomic E-state index is -3.52. The molecule has 0 fully saturated rings. The summed E-state index contributed by atoms with van der Waals surface area (Å²) in [6.45, 7) is 3.93. The van der Waals surface area contributed by atoms with Gasteiger partial charge in [-0.1, -0.05) is 16.8 Å². The third-order valence-corrected chi connectivity index (χ3v) is 4.70. The molecule has 0 saturated carbocycles. The van der Waals surface area contributed by atoms with Gasteiger partial charge in [-0.3, -0.25) is 0 Å². The van der Waals surface area contributed by atoms with Crippen molar-refractivity contribution in [2.24, 2.45) is 0 Å². The van der Waals surface area contributed by atoms with E-state index in [1.807, 2.05) is 13.8 Å². The van der Waals surface area contributed by atoms with Gasteiger partial charge >= 0.3 is 0 Å². The molecule has 2 aromatic rings. The zero-order valence-corrected chi connectivity index (χ0v) is 12.8. The van der Waals surface area contributed by atoms with Crippen molar-refractivity contribution in [2.75, 3.05) is 6.54 Å². The standard InChI is InChI=1S/C13H15ClN2O3S/c1-9-13(10(2)19-16-9)7-8-15-20(17,18)12-5-3-11(14)4-6-12/h3-6,15H,7-8H2,1-2H3. The van der Waals surface area contributed by atoms with Gasteiger partial charge in [0, 0.05) is 17.1 Å². The van der Waals surface area contributed by atoms with Crippen LogP contribution in [0, 0.1) is 13.8 Å². The van der Waals surface area contributed by atoms with Crippen LogP contribution in [0.3, 0.4) is 0 Å². The van der Waals surface area contributed by atoms with Gasteiger partial charge in [0.2, 0.25) is 10.0 Å². The fraction of sp³-hybridized carbons (Fsp3) is 0.308. The summed E-state index contributed by atoms with van der Waals surface area (Å²) in [5.41, 5.74) is 1.72. The van der Waals surface area contributed by atoms with Crippen LogP contribution >= 0.6 is 11.6 Å². The summed E-state index contributed by atoms with van der Waals surface area (Å²) >= 11 is 5.74. The van der Waals surface area contributed by atoms with Gasteiger partial charge in [-0.05, 0) is 44.5 Å². The molecule has 0 radical (unpaired) electrons. The molecule has 20 heavy (non-hydrogen) atoms. The molecule has 2 rings (SSSR count). The Labute approximate surface area is 123 Å². The Kier molecular flexibility index (Phi) is 4.47. The summed E-state index contributed by atoms with van der Waals surface area (Å²) in [7, 11) is -3.52. The van der Waals surface area contributed by atoms with E-state index in [1.165, 1.54) is 12.1 Å². The topological polar surface area (TPSA) is 72.2 Å². The maximum Gasteiger partial charge on any atom is 0.240 e. The smallest absolute Gasteiger partial charge is 0.240 e. The molecule has 0 amide bonds. The van der Waals surface area contributed by atoms with Crippen LogP contribution in [0.2, 0.25) is 5.02 Å². The molecule has 5 nitrogen and oxygen atoms in total. The number of hydrogen-bond donors (Lipinski definition) is 1. The average molecular weight is 315 g/mol. The van der Waals surface area contributed by atoms with Crippen LogP contribution < -0.4 is 4.72 Å². The number of halogens is 1. The van der Waals surface area contributed by atoms with Crippen molar-refractivity contribution in [3.05, 3.63) is 46.3 Å². The highest BCUT2D eigenvalue weighted by atomic mass is 35.5. The van der Waals surface area contributed by atoms with E-state index in [1.54, 1.807) is 12.1 Å². The molecular formula is C13H15ClN2O3S. The molecule has 0 bridgehead atoms. The highest BCUT2D eigenvalue weighted by molar-refractivity contribution is 7.89. The lowest BCUT2D eigenvalue weighted by Crippen LogP contribution is -2.26. The molecule has 0 aliphatic rings. The van der Waals surface area contributed by atoms with E-state index in [4.69, 9.17) is 16.1 Å². The zero-order chi connectivity index (χ0) is 14.8. The first-order chi connectivity index (χ1) is 9.40. The first-order valence-electron chi connectivity index (χ1n) is 6.07. The molecule has 1 N–H and O–H groups in total. The molecule has 0 unspecified atom stereocenters. The van der Waals surface area contributed by atoms with Crippen molar-refractivity contribution in [2.45, 2.75) is 25.2 Å². The molecule has 108 valence electrons. The number of aromatic nitrogens is 1. The number of aryl methyl sites for hydroxylation is 2. The van der Waals surface area contributed by atoms with Gasteiger partial charge in [0.1, 0.15) is 5.76 Å². The van der Waals surface area contributed by atoms with E-state index in [9.17, 15) is 8.42 Å². The monoisotopic (exact) mass is 314 g/mol. The third-order valence-electron chi connectivity index (χ3n) is 2.97. The zero-order valence-electron chi connectivity index (χ0n) is 11.2. The van der Waals surface area contributed by atoms with Crippen molar-refractivity contribution < 1.29 is 12.9 Å². The highest BCUT2D eigenvalue weighted by Crippen LogP contribution is 2.15. The third kappa shape index (κ3) is 3.39. The van der Waals surface area contributed by atoms with Crippen LogP contribution in [0.5, 0.6) is 0 Å². The predicted molar refractivity (Wildman–Crippen MR) is 76.3 cm³/mol. The summed E-state index contributed by atoms with van der Waals surface area (Å²) in [4.78, 5) is 0.195. The van der Waals surface area contributed by atoms with Crippen LogP contribution in [-0.2, 0) is 16.4 Å². The number of benzene rings is 1. The molecule has 7 heteroatoms. The van der Waals surface area contributed by atoms with Gasteiger partial charge < -0.3 is 4.52 Å². The van der Waals surface area contributed by atoms with Gasteiger partial charge in [-0.2, -0.15) is 0 Å². The van der Waals surface area contributed by atoms with Gasteiger partial charge in [0.25, 0.3) is 0 Å². The second-order valence-corrected chi connectivity index (χ2v) is 6.61. The largest absolute Gasteiger partial charge is 0.361 e. The van der Waals surface area contributed by atoms with E-state index in [-0.39, 0.29) is 11.4 Å². The van der Waals surface area contributed by atoms with E-state index in [2.05, 4.69) is 9.88 Å². The van der Waals surface area contributed by atoms with Crippen LogP contribution in [0.1, 0.15) is 17.0 Å². The molecule has 1 aromatic heterocycles. The Balaban J connectivity index is 2.01. The molecule has 0 aliphatic carbocycles. The minimum Gasteiger partial charge on any atom is -0.361 e. The first kappa shape index (κ1) is 15.0. The number of hydrogen-bond acceptors (Lipinski definition) is 4. The van der Waals surface area contributed by atoms with Gasteiger partial charge in [-0.15, -0.1) is 0 Å². The SMILES string of the molecule is Cc1noc(C)c1CCNS(=O)(=O)c1ccc(Cl)cc1. The molecular weight excluding hydrogens is 300 g/mol. The van der Waals surface area contributed by atoms with Crippen LogP contribution in [-0.4, -0.2) is 20.1 Å². The summed E-state index contributed by atoms with van der Waals surface area (Å²) in [5.74, 6) is 0.716. The van der Waals surface area contributed by atoms with Crippen LogP contribution in [0.4, 0.5) is 0 Å². The number of rotatable bonds is 5. The number of nitrogens with zero attached hydrogens (tertiary/aromatic N) is 1. The number of nitrogens with one attached hydrogen (secondary N) is 1. The van der Waals surface area contributed by atoms with Gasteiger partial charge in [0.05, 0.1) is 10.6 Å². The Morgan fingerprint density at radius 3 is 2.45 bits per heavy atom. The van der Waals surface area contributed by atoms with Gasteiger partial charge in [0.15, 0.2) is 0 Å². The molecule has 0 spiro atoms. The van der Waals surface area contributed by atoms with Crippen molar-refractivity contribution >= 4 is 21.6 Å². The maximum absolute atomic E-state index is 12.0. The lowest BCUT2D eigenvalue weighted by Gasteiger charge is -2.06. The molecule has 1 aromatic carbocycles. The lowest BCUT2D eigenvalue weighted by molar-refractivity contribution is 0.392. The normalized spacial score (nSPS) is 11.8. The summed E-state index contributed by atoms with van der Waals surface area (Å²) in [5, 5.41) is 4.33. The summed E-state index contributed by atoms with van der Waals surface area (Å²) < 4.78 is 31.7. The van der Waals surface area contributed by atoms with Crippen molar-refractivity contribution in [3.63, 3.8) is 0 Å². The van der Waals surface area contributed by atoms with E-state index in [0.717, 1.165) is 11.3 Å². The predicted octanol–water partition coefficient (Wildman–Crippen LogP) is 2.47. The van der Waals surface area contributed by atoms with Gasteiger partial charge in [-0.25, -0.2) is 13.1 Å². The molecule has 0 atom stereocenters. The second kappa shape index (κ2) is 5.95. The summed E-state index contributed by atoms with van der Waals surface area (Å²) in [6, 6.07) is 6.04. The van der Waals surface area contributed by atoms with E-state index >= 15 is 0 Å². The second-order valence-electron chi connectivity index (χ2n) is 4.40. The van der Waals surface area contributed by atoms with Crippen LogP contribution in [0.15, 0.2) is 33.7 Å². The first-order valence-corrected chi connectivity index (χ1v) is 7.93. The molecule has 0 aliphatic heterocycles. The van der Waals surface area contributed by atoms with E-state index < -0.39 is 10.0 Å². The fourth-order valence-corrected chi connectivity index (χ4v) is 3.02. The molecule has 1 heterocycles. The van der Waals surface area contributed by atoms with Crippen LogP contribution in [0.25, 0.3) is 0 Å². The lowest BCUT2D eigenvalue weighted by atomic mass is 10.1. The van der Waals surface area contributed by atoms with Crippen molar-refractivity contribution in [1.29, 1.82) is 0 Å². The fourth-order valence-electron chi connectivity index (χ4n) is 1.87. The Bertz CT molecular complexity index is 673. The maximum atomic E-state index is 12.0. The Morgan fingerprint density at radius 2 is 1.90 bits per heavy atom. The Hall–Kier alpha value is -1.37. The van der Waals surface area contributed by atoms with Crippen molar-refractivity contribution in [3.8, 4) is 0 Å². The average Bonchev–Trinajstić information content (AvgIpc) is 2.71.